The van der Waals surface area contributed by atoms with Gasteiger partial charge in [-0.05, 0) is 31.5 Å². The third-order valence-corrected chi connectivity index (χ3v) is 3.03. The summed E-state index contributed by atoms with van der Waals surface area (Å²) in [4.78, 5) is 4.44. The number of imidazole rings is 1. The number of aliphatic hydroxyl groups excluding tert-OH is 1. The molecule has 0 radical (unpaired) electrons. The minimum Gasteiger partial charge on any atom is -0.391 e. The molecule has 2 rings (SSSR count). The second-order valence-corrected chi connectivity index (χ2v) is 4.23. The van der Waals surface area contributed by atoms with Crippen molar-refractivity contribution in [2.24, 2.45) is 12.8 Å². The summed E-state index contributed by atoms with van der Waals surface area (Å²) in [7, 11) is 1.99. The molecule has 4 nitrogen and oxygen atoms in total. The number of benzene rings is 1. The van der Waals surface area contributed by atoms with E-state index < -0.39 is 6.10 Å². The molecule has 3 N–H and O–H groups in total. The maximum atomic E-state index is 9.46. The molecular formula is C12H17N3O. The number of fused-ring (bicyclic) bond motifs is 1. The van der Waals surface area contributed by atoms with E-state index in [1.54, 1.807) is 6.92 Å². The Morgan fingerprint density at radius 2 is 2.12 bits per heavy atom. The van der Waals surface area contributed by atoms with Gasteiger partial charge in [0.25, 0.3) is 0 Å². The zero-order chi connectivity index (χ0) is 11.9. The van der Waals surface area contributed by atoms with E-state index in [0.29, 0.717) is 0 Å². The summed E-state index contributed by atoms with van der Waals surface area (Å²) in [5, 5.41) is 9.46. The lowest BCUT2D eigenvalue weighted by Crippen LogP contribution is -2.22. The van der Waals surface area contributed by atoms with Gasteiger partial charge in [-0.1, -0.05) is 6.07 Å². The van der Waals surface area contributed by atoms with Crippen molar-refractivity contribution in [2.45, 2.75) is 26.0 Å². The molecule has 1 heterocycles. The van der Waals surface area contributed by atoms with Gasteiger partial charge in [0.05, 0.1) is 23.2 Å². The molecule has 1 aromatic heterocycles. The zero-order valence-electron chi connectivity index (χ0n) is 9.81. The third kappa shape index (κ3) is 1.70. The Hall–Kier alpha value is -1.39. The smallest absolute Gasteiger partial charge is 0.106 e. The lowest BCUT2D eigenvalue weighted by molar-refractivity contribution is 0.164. The second-order valence-electron chi connectivity index (χ2n) is 4.23. The van der Waals surface area contributed by atoms with Gasteiger partial charge in [0.1, 0.15) is 5.82 Å². The van der Waals surface area contributed by atoms with Gasteiger partial charge >= 0.3 is 0 Å². The lowest BCUT2D eigenvalue weighted by atomic mass is 10.0. The molecule has 0 fully saturated rings. The largest absolute Gasteiger partial charge is 0.391 e. The van der Waals surface area contributed by atoms with Gasteiger partial charge in [0, 0.05) is 7.05 Å². The Morgan fingerprint density at radius 1 is 1.44 bits per heavy atom. The van der Waals surface area contributed by atoms with E-state index in [2.05, 4.69) is 4.98 Å². The van der Waals surface area contributed by atoms with Crippen LogP contribution < -0.4 is 5.73 Å². The van der Waals surface area contributed by atoms with Crippen LogP contribution in [0.15, 0.2) is 18.2 Å². The van der Waals surface area contributed by atoms with Crippen LogP contribution in [-0.4, -0.2) is 20.8 Å². The first-order valence-electron chi connectivity index (χ1n) is 5.37. The number of aromatic nitrogens is 2. The number of hydrogen-bond acceptors (Lipinski definition) is 3. The van der Waals surface area contributed by atoms with Crippen molar-refractivity contribution in [2.75, 3.05) is 0 Å². The van der Waals surface area contributed by atoms with Crippen LogP contribution in [0.5, 0.6) is 0 Å². The number of rotatable bonds is 2. The van der Waals surface area contributed by atoms with Crippen LogP contribution >= 0.6 is 0 Å². The molecule has 0 spiro atoms. The number of nitrogens with zero attached hydrogens (tertiary/aromatic N) is 2. The number of aryl methyl sites for hydroxylation is 2. The van der Waals surface area contributed by atoms with Crippen molar-refractivity contribution in [3.8, 4) is 0 Å². The van der Waals surface area contributed by atoms with E-state index in [9.17, 15) is 5.11 Å². The first kappa shape index (κ1) is 11.1. The summed E-state index contributed by atoms with van der Waals surface area (Å²) in [5.41, 5.74) is 8.81. The summed E-state index contributed by atoms with van der Waals surface area (Å²) in [6.07, 6.45) is -0.553. The molecule has 0 bridgehead atoms. The van der Waals surface area contributed by atoms with Gasteiger partial charge in [-0.25, -0.2) is 4.98 Å². The van der Waals surface area contributed by atoms with E-state index in [4.69, 9.17) is 5.73 Å². The Morgan fingerprint density at radius 3 is 2.75 bits per heavy atom. The van der Waals surface area contributed by atoms with Gasteiger partial charge in [-0.2, -0.15) is 0 Å². The second kappa shape index (κ2) is 3.88. The summed E-state index contributed by atoms with van der Waals surface area (Å²) >= 11 is 0. The topological polar surface area (TPSA) is 64.1 Å². The lowest BCUT2D eigenvalue weighted by Gasteiger charge is -2.14. The highest BCUT2D eigenvalue weighted by atomic mass is 16.3. The minimum absolute atomic E-state index is 0.355. The van der Waals surface area contributed by atoms with Gasteiger partial charge in [-0.3, -0.25) is 0 Å². The van der Waals surface area contributed by atoms with E-state index in [1.807, 2.05) is 36.7 Å². The minimum atomic E-state index is -0.553. The number of nitrogens with two attached hydrogens (primary N) is 1. The molecule has 16 heavy (non-hydrogen) atoms. The maximum Gasteiger partial charge on any atom is 0.106 e. The normalized spacial score (nSPS) is 15.3. The van der Waals surface area contributed by atoms with Crippen molar-refractivity contribution in [1.82, 2.24) is 9.55 Å². The van der Waals surface area contributed by atoms with Gasteiger partial charge in [0.2, 0.25) is 0 Å². The monoisotopic (exact) mass is 219 g/mol. The van der Waals surface area contributed by atoms with Gasteiger partial charge in [-0.15, -0.1) is 0 Å². The average Bonchev–Trinajstić information content (AvgIpc) is 2.53. The molecule has 0 saturated carbocycles. The number of aliphatic hydroxyl groups is 1. The molecule has 2 aromatic rings. The Labute approximate surface area is 94.7 Å². The van der Waals surface area contributed by atoms with E-state index in [-0.39, 0.29) is 6.04 Å². The van der Waals surface area contributed by atoms with E-state index in [1.165, 1.54) is 0 Å². The SMILES string of the molecule is Cc1nc2cc(C(N)C(C)O)ccc2n1C. The molecule has 2 unspecified atom stereocenters. The van der Waals surface area contributed by atoms with Crippen LogP contribution in [0.4, 0.5) is 0 Å². The highest BCUT2D eigenvalue weighted by molar-refractivity contribution is 5.76. The standard InChI is InChI=1S/C12H17N3O/c1-7(16)12(13)9-4-5-11-10(6-9)14-8(2)15(11)3/h4-7,12,16H,13H2,1-3H3. The van der Waals surface area contributed by atoms with Crippen LogP contribution in [-0.2, 0) is 7.05 Å². The van der Waals surface area contributed by atoms with Crippen LogP contribution in [0.3, 0.4) is 0 Å². The summed E-state index contributed by atoms with van der Waals surface area (Å²) in [5.74, 6) is 0.970. The van der Waals surface area contributed by atoms with Gasteiger partial charge in [0.15, 0.2) is 0 Å². The van der Waals surface area contributed by atoms with Gasteiger partial charge < -0.3 is 15.4 Å². The van der Waals surface area contributed by atoms with E-state index in [0.717, 1.165) is 22.4 Å². The zero-order valence-corrected chi connectivity index (χ0v) is 9.81. The van der Waals surface area contributed by atoms with E-state index >= 15 is 0 Å². The molecular weight excluding hydrogens is 202 g/mol. The summed E-state index contributed by atoms with van der Waals surface area (Å²) in [6, 6.07) is 5.53. The fourth-order valence-corrected chi connectivity index (χ4v) is 1.82. The number of hydrogen-bond donors (Lipinski definition) is 2. The summed E-state index contributed by atoms with van der Waals surface area (Å²) < 4.78 is 2.03. The molecule has 0 aliphatic heterocycles. The first-order chi connectivity index (χ1) is 7.50. The highest BCUT2D eigenvalue weighted by Crippen LogP contribution is 2.21. The molecule has 2 atom stereocenters. The average molecular weight is 219 g/mol. The fraction of sp³-hybridized carbons (Fsp3) is 0.417. The molecule has 4 heteroatoms. The Kier molecular flexibility index (Phi) is 2.69. The van der Waals surface area contributed by atoms with Crippen molar-refractivity contribution >= 4 is 11.0 Å². The van der Waals surface area contributed by atoms with Crippen molar-refractivity contribution in [3.05, 3.63) is 29.6 Å². The van der Waals surface area contributed by atoms with Crippen LogP contribution in [0, 0.1) is 6.92 Å². The van der Waals surface area contributed by atoms with Crippen molar-refractivity contribution in [3.63, 3.8) is 0 Å². The Bertz CT molecular complexity index is 516. The molecule has 0 saturated heterocycles. The quantitative estimate of drug-likeness (QED) is 0.799. The summed E-state index contributed by atoms with van der Waals surface area (Å²) in [6.45, 7) is 3.66. The van der Waals surface area contributed by atoms with Crippen LogP contribution in [0.1, 0.15) is 24.4 Å². The molecule has 0 aliphatic carbocycles. The van der Waals surface area contributed by atoms with Crippen molar-refractivity contribution < 1.29 is 5.11 Å². The predicted octanol–water partition coefficient (Wildman–Crippen LogP) is 1.26. The maximum absolute atomic E-state index is 9.46. The van der Waals surface area contributed by atoms with Crippen molar-refractivity contribution in [1.29, 1.82) is 0 Å². The molecule has 86 valence electrons. The fourth-order valence-electron chi connectivity index (χ4n) is 1.82. The highest BCUT2D eigenvalue weighted by Gasteiger charge is 2.13. The first-order valence-corrected chi connectivity index (χ1v) is 5.37. The molecule has 1 aromatic carbocycles. The molecule has 0 amide bonds. The van der Waals surface area contributed by atoms with Crippen LogP contribution in [0.2, 0.25) is 0 Å². The molecule has 0 aliphatic rings. The third-order valence-electron chi connectivity index (χ3n) is 3.03. The predicted molar refractivity (Wildman–Crippen MR) is 64.1 cm³/mol. The van der Waals surface area contributed by atoms with Crippen LogP contribution in [0.25, 0.3) is 11.0 Å². The Balaban J connectivity index is 2.52.